The molecule has 1 N–H and O–H groups in total. The molecule has 0 amide bonds. The highest BCUT2D eigenvalue weighted by molar-refractivity contribution is 14.0. The molecule has 0 aliphatic heterocycles. The summed E-state index contributed by atoms with van der Waals surface area (Å²) in [6.07, 6.45) is 7.89. The van der Waals surface area contributed by atoms with Crippen LogP contribution in [0.5, 0.6) is 0 Å². The van der Waals surface area contributed by atoms with Crippen molar-refractivity contribution in [1.29, 1.82) is 0 Å². The highest BCUT2D eigenvalue weighted by Crippen LogP contribution is 2.39. The molecular formula is C20H30BrIN6. The van der Waals surface area contributed by atoms with Crippen LogP contribution in [-0.2, 0) is 19.0 Å². The summed E-state index contributed by atoms with van der Waals surface area (Å²) in [6.45, 7) is 1.55. The van der Waals surface area contributed by atoms with Crippen LogP contribution in [0.2, 0.25) is 0 Å². The molecule has 0 atom stereocenters. The average Bonchev–Trinajstić information content (AvgIpc) is 3.07. The fraction of sp³-hybridized carbons (Fsp3) is 0.550. The molecule has 3 rings (SSSR count). The van der Waals surface area contributed by atoms with Crippen LogP contribution >= 0.6 is 39.9 Å². The van der Waals surface area contributed by atoms with Crippen LogP contribution in [0.15, 0.2) is 40.1 Å². The number of aliphatic imine (C=N–C) groups is 1. The summed E-state index contributed by atoms with van der Waals surface area (Å²) in [5, 5.41) is 7.78. The number of guanidine groups is 1. The van der Waals surface area contributed by atoms with Crippen LogP contribution in [0.3, 0.4) is 0 Å². The fourth-order valence-corrected chi connectivity index (χ4v) is 4.40. The standard InChI is InChI=1S/C20H29BrN6.HI/c1-22-19(26(2)13-18-24-15-25-27(18)3)23-14-20(10-5-4-6-11-20)16-8-7-9-17(21)12-16;/h7-9,12,15H,4-6,10-11,13-14H2,1-3H3,(H,22,23);1H. The van der Waals surface area contributed by atoms with Crippen molar-refractivity contribution in [2.45, 2.75) is 44.1 Å². The molecule has 1 saturated carbocycles. The number of aromatic nitrogens is 3. The Labute approximate surface area is 193 Å². The Hall–Kier alpha value is -1.16. The summed E-state index contributed by atoms with van der Waals surface area (Å²) in [7, 11) is 5.79. The molecule has 2 aromatic rings. The molecule has 1 heterocycles. The van der Waals surface area contributed by atoms with Crippen LogP contribution in [0.4, 0.5) is 0 Å². The van der Waals surface area contributed by atoms with Gasteiger partial charge in [-0.25, -0.2) is 4.98 Å². The molecular weight excluding hydrogens is 531 g/mol. The molecule has 0 bridgehead atoms. The van der Waals surface area contributed by atoms with Gasteiger partial charge in [-0.15, -0.1) is 24.0 Å². The first-order valence-electron chi connectivity index (χ1n) is 9.55. The summed E-state index contributed by atoms with van der Waals surface area (Å²) in [4.78, 5) is 10.9. The summed E-state index contributed by atoms with van der Waals surface area (Å²) in [5.74, 6) is 1.80. The second kappa shape index (κ2) is 10.6. The molecule has 0 radical (unpaired) electrons. The van der Waals surface area contributed by atoms with Gasteiger partial charge in [-0.1, -0.05) is 47.3 Å². The van der Waals surface area contributed by atoms with Crippen molar-refractivity contribution in [3.05, 3.63) is 46.5 Å². The molecule has 8 heteroatoms. The quantitative estimate of drug-likeness (QED) is 0.340. The number of aryl methyl sites for hydroxylation is 1. The Morgan fingerprint density at radius 3 is 2.68 bits per heavy atom. The zero-order valence-electron chi connectivity index (χ0n) is 16.9. The van der Waals surface area contributed by atoms with Gasteiger partial charge in [-0.05, 0) is 30.5 Å². The van der Waals surface area contributed by atoms with E-state index in [1.54, 1.807) is 11.0 Å². The maximum Gasteiger partial charge on any atom is 0.193 e. The molecule has 1 fully saturated rings. The minimum atomic E-state index is 0. The van der Waals surface area contributed by atoms with Gasteiger partial charge in [-0.3, -0.25) is 9.67 Å². The Balaban J connectivity index is 0.00000280. The molecule has 1 aromatic carbocycles. The van der Waals surface area contributed by atoms with Gasteiger partial charge in [0.2, 0.25) is 0 Å². The third-order valence-corrected chi connectivity index (χ3v) is 6.08. The van der Waals surface area contributed by atoms with Gasteiger partial charge in [0.1, 0.15) is 12.2 Å². The second-order valence-electron chi connectivity index (χ2n) is 7.41. The number of halogens is 2. The maximum atomic E-state index is 4.49. The third-order valence-electron chi connectivity index (χ3n) is 5.59. The minimum Gasteiger partial charge on any atom is -0.355 e. The molecule has 0 spiro atoms. The van der Waals surface area contributed by atoms with E-state index in [-0.39, 0.29) is 29.4 Å². The van der Waals surface area contributed by atoms with Crippen molar-refractivity contribution >= 4 is 45.9 Å². The van der Waals surface area contributed by atoms with Crippen molar-refractivity contribution in [2.75, 3.05) is 20.6 Å². The SMILES string of the molecule is CN=C(NCC1(c2cccc(Br)c2)CCCCC1)N(C)Cc1ncnn1C.I. The first-order chi connectivity index (χ1) is 13.0. The molecule has 154 valence electrons. The number of rotatable bonds is 5. The van der Waals surface area contributed by atoms with E-state index < -0.39 is 0 Å². The Morgan fingerprint density at radius 1 is 1.32 bits per heavy atom. The molecule has 6 nitrogen and oxygen atoms in total. The molecule has 1 aliphatic carbocycles. The first-order valence-corrected chi connectivity index (χ1v) is 10.3. The van der Waals surface area contributed by atoms with Crippen LogP contribution in [0.1, 0.15) is 43.5 Å². The highest BCUT2D eigenvalue weighted by Gasteiger charge is 2.34. The van der Waals surface area contributed by atoms with Gasteiger partial charge in [0.05, 0.1) is 6.54 Å². The number of nitrogens with one attached hydrogen (secondary N) is 1. The Kier molecular flexibility index (Phi) is 8.73. The largest absolute Gasteiger partial charge is 0.355 e. The molecule has 1 aliphatic rings. The minimum absolute atomic E-state index is 0. The van der Waals surface area contributed by atoms with E-state index in [1.165, 1.54) is 37.7 Å². The number of hydrogen-bond donors (Lipinski definition) is 1. The number of nitrogens with zero attached hydrogens (tertiary/aromatic N) is 5. The van der Waals surface area contributed by atoms with Gasteiger partial charge < -0.3 is 10.2 Å². The van der Waals surface area contributed by atoms with Crippen LogP contribution in [-0.4, -0.2) is 46.3 Å². The van der Waals surface area contributed by atoms with Crippen molar-refractivity contribution in [2.24, 2.45) is 12.0 Å². The lowest BCUT2D eigenvalue weighted by atomic mass is 9.69. The number of hydrogen-bond acceptors (Lipinski definition) is 3. The molecule has 0 saturated heterocycles. The first kappa shape index (κ1) is 23.1. The predicted molar refractivity (Wildman–Crippen MR) is 128 cm³/mol. The van der Waals surface area contributed by atoms with Crippen LogP contribution < -0.4 is 5.32 Å². The average molecular weight is 561 g/mol. The lowest BCUT2D eigenvalue weighted by Crippen LogP contribution is -2.47. The zero-order chi connectivity index (χ0) is 19.3. The molecule has 0 unspecified atom stereocenters. The van der Waals surface area contributed by atoms with E-state index in [0.29, 0.717) is 6.54 Å². The van der Waals surface area contributed by atoms with E-state index in [1.807, 2.05) is 21.1 Å². The van der Waals surface area contributed by atoms with Gasteiger partial charge >= 0.3 is 0 Å². The number of benzene rings is 1. The molecule has 28 heavy (non-hydrogen) atoms. The van der Waals surface area contributed by atoms with E-state index >= 15 is 0 Å². The lowest BCUT2D eigenvalue weighted by molar-refractivity contribution is 0.287. The van der Waals surface area contributed by atoms with E-state index in [4.69, 9.17) is 0 Å². The van der Waals surface area contributed by atoms with Gasteiger partial charge in [0.25, 0.3) is 0 Å². The molecule has 1 aromatic heterocycles. The maximum absolute atomic E-state index is 4.49. The topological polar surface area (TPSA) is 58.3 Å². The normalized spacial score (nSPS) is 16.4. The predicted octanol–water partition coefficient (Wildman–Crippen LogP) is 4.10. The van der Waals surface area contributed by atoms with Crippen molar-refractivity contribution in [3.63, 3.8) is 0 Å². The van der Waals surface area contributed by atoms with Gasteiger partial charge in [0.15, 0.2) is 5.96 Å². The van der Waals surface area contributed by atoms with Crippen molar-refractivity contribution in [3.8, 4) is 0 Å². The van der Waals surface area contributed by atoms with Crippen molar-refractivity contribution < 1.29 is 0 Å². The smallest absolute Gasteiger partial charge is 0.193 e. The summed E-state index contributed by atoms with van der Waals surface area (Å²) >= 11 is 3.64. The highest BCUT2D eigenvalue weighted by atomic mass is 127. The monoisotopic (exact) mass is 560 g/mol. The summed E-state index contributed by atoms with van der Waals surface area (Å²) in [5.41, 5.74) is 1.57. The van der Waals surface area contributed by atoms with Gasteiger partial charge in [-0.2, -0.15) is 5.10 Å². The lowest BCUT2D eigenvalue weighted by Gasteiger charge is -2.39. The van der Waals surface area contributed by atoms with Crippen LogP contribution in [0, 0.1) is 0 Å². The van der Waals surface area contributed by atoms with E-state index in [2.05, 4.69) is 65.5 Å². The van der Waals surface area contributed by atoms with Crippen molar-refractivity contribution in [1.82, 2.24) is 25.0 Å². The Bertz CT molecular complexity index is 785. The third kappa shape index (κ3) is 5.46. The Morgan fingerprint density at radius 2 is 2.07 bits per heavy atom. The van der Waals surface area contributed by atoms with Crippen LogP contribution in [0.25, 0.3) is 0 Å². The van der Waals surface area contributed by atoms with E-state index in [9.17, 15) is 0 Å². The summed E-state index contributed by atoms with van der Waals surface area (Å²) in [6, 6.07) is 8.79. The van der Waals surface area contributed by atoms with Gasteiger partial charge in [0, 0.05) is 37.6 Å². The zero-order valence-corrected chi connectivity index (χ0v) is 20.8. The van der Waals surface area contributed by atoms with E-state index in [0.717, 1.165) is 22.8 Å². The summed E-state index contributed by atoms with van der Waals surface area (Å²) < 4.78 is 2.95. The second-order valence-corrected chi connectivity index (χ2v) is 8.32. The fourth-order valence-electron chi connectivity index (χ4n) is 4.00.